The molecule has 1 unspecified atom stereocenters. The van der Waals surface area contributed by atoms with Gasteiger partial charge in [0, 0.05) is 45.0 Å². The summed E-state index contributed by atoms with van der Waals surface area (Å²) in [5, 5.41) is 19.0. The lowest BCUT2D eigenvalue weighted by Gasteiger charge is -2.42. The van der Waals surface area contributed by atoms with Crippen molar-refractivity contribution in [3.8, 4) is 0 Å². The monoisotopic (exact) mass is 498 g/mol. The molecular formula is C23H33F3N6O3. The number of carboxylic acid groups (broad SMARTS) is 1. The minimum absolute atomic E-state index is 0.0388. The Bertz CT molecular complexity index is 1020. The number of carbonyl (C=O) groups is 2. The lowest BCUT2D eigenvalue weighted by molar-refractivity contribution is -0.192. The second-order valence-electron chi connectivity index (χ2n) is 9.31. The van der Waals surface area contributed by atoms with E-state index < -0.39 is 12.1 Å². The van der Waals surface area contributed by atoms with Gasteiger partial charge >= 0.3 is 12.1 Å². The van der Waals surface area contributed by atoms with Crippen LogP contribution in [-0.4, -0.2) is 86.3 Å². The Balaban J connectivity index is 0.000000429. The smallest absolute Gasteiger partial charge is 0.475 e. The van der Waals surface area contributed by atoms with Gasteiger partial charge in [0.1, 0.15) is 0 Å². The van der Waals surface area contributed by atoms with Gasteiger partial charge in [0.15, 0.2) is 11.5 Å². The van der Waals surface area contributed by atoms with E-state index in [0.717, 1.165) is 43.4 Å². The minimum atomic E-state index is -5.08. The van der Waals surface area contributed by atoms with Crippen molar-refractivity contribution in [1.29, 1.82) is 0 Å². The fourth-order valence-corrected chi connectivity index (χ4v) is 4.14. The van der Waals surface area contributed by atoms with Gasteiger partial charge in [-0.15, -0.1) is 10.2 Å². The summed E-state index contributed by atoms with van der Waals surface area (Å²) in [5.74, 6) is -0.972. The van der Waals surface area contributed by atoms with Crippen molar-refractivity contribution < 1.29 is 27.9 Å². The molecule has 194 valence electrons. The maximum Gasteiger partial charge on any atom is 0.490 e. The van der Waals surface area contributed by atoms with Crippen molar-refractivity contribution >= 4 is 17.5 Å². The van der Waals surface area contributed by atoms with Gasteiger partial charge in [0.2, 0.25) is 0 Å². The molecule has 12 heteroatoms. The molecule has 2 fully saturated rings. The van der Waals surface area contributed by atoms with E-state index in [4.69, 9.17) is 9.90 Å². The van der Waals surface area contributed by atoms with Crippen LogP contribution in [0.2, 0.25) is 0 Å². The molecule has 2 N–H and O–H groups in total. The highest BCUT2D eigenvalue weighted by molar-refractivity contribution is 5.94. The Labute approximate surface area is 202 Å². The molecule has 2 aromatic rings. The first-order valence-electron chi connectivity index (χ1n) is 11.9. The van der Waals surface area contributed by atoms with Gasteiger partial charge in [-0.3, -0.25) is 19.0 Å². The molecule has 0 spiro atoms. The number of carboxylic acids is 1. The number of aliphatic carboxylic acids is 1. The van der Waals surface area contributed by atoms with E-state index in [-0.39, 0.29) is 11.9 Å². The fourth-order valence-electron chi connectivity index (χ4n) is 4.14. The van der Waals surface area contributed by atoms with Crippen LogP contribution in [0.1, 0.15) is 62.3 Å². The Morgan fingerprint density at radius 1 is 1.20 bits per heavy atom. The summed E-state index contributed by atoms with van der Waals surface area (Å²) in [5.41, 5.74) is 1.45. The van der Waals surface area contributed by atoms with E-state index in [2.05, 4.69) is 46.1 Å². The molecule has 2 aromatic heterocycles. The SMILES string of the molecule is CCCNC(=O)c1ccc2nnc(C3CN(CC4CC4)CCN3C(C)C)n2c1.O=C(O)C(F)(F)F. The highest BCUT2D eigenvalue weighted by Gasteiger charge is 2.38. The molecule has 1 amide bonds. The number of nitrogens with zero attached hydrogens (tertiary/aromatic N) is 5. The average Bonchev–Trinajstić information content (AvgIpc) is 3.51. The van der Waals surface area contributed by atoms with Crippen molar-refractivity contribution in [2.24, 2.45) is 5.92 Å². The molecule has 3 heterocycles. The topological polar surface area (TPSA) is 103 Å². The van der Waals surface area contributed by atoms with Gasteiger partial charge < -0.3 is 10.4 Å². The second-order valence-corrected chi connectivity index (χ2v) is 9.31. The zero-order chi connectivity index (χ0) is 25.8. The van der Waals surface area contributed by atoms with Crippen molar-refractivity contribution in [2.45, 2.75) is 58.3 Å². The minimum Gasteiger partial charge on any atom is -0.475 e. The summed E-state index contributed by atoms with van der Waals surface area (Å²) in [7, 11) is 0. The van der Waals surface area contributed by atoms with Crippen LogP contribution in [0.5, 0.6) is 0 Å². The lowest BCUT2D eigenvalue weighted by Crippen LogP contribution is -2.51. The van der Waals surface area contributed by atoms with E-state index in [9.17, 15) is 18.0 Å². The maximum absolute atomic E-state index is 12.4. The van der Waals surface area contributed by atoms with Crippen molar-refractivity contribution in [2.75, 3.05) is 32.7 Å². The number of carbonyl (C=O) groups excluding carboxylic acids is 1. The number of hydrogen-bond donors (Lipinski definition) is 2. The highest BCUT2D eigenvalue weighted by atomic mass is 19.4. The van der Waals surface area contributed by atoms with Crippen molar-refractivity contribution in [3.05, 3.63) is 29.7 Å². The summed E-state index contributed by atoms with van der Waals surface area (Å²) in [6, 6.07) is 4.36. The fraction of sp³-hybridized carbons (Fsp3) is 0.652. The van der Waals surface area contributed by atoms with E-state index in [1.807, 2.05) is 22.7 Å². The predicted octanol–water partition coefficient (Wildman–Crippen LogP) is 2.98. The van der Waals surface area contributed by atoms with Gasteiger partial charge in [-0.2, -0.15) is 13.2 Å². The third kappa shape index (κ3) is 7.14. The van der Waals surface area contributed by atoms with Crippen LogP contribution in [0.4, 0.5) is 13.2 Å². The number of piperazine rings is 1. The number of pyridine rings is 1. The molecule has 35 heavy (non-hydrogen) atoms. The molecule has 1 aliphatic carbocycles. The molecule has 0 bridgehead atoms. The number of halogens is 3. The first-order valence-corrected chi connectivity index (χ1v) is 11.9. The number of nitrogens with one attached hydrogen (secondary N) is 1. The molecule has 1 aliphatic heterocycles. The van der Waals surface area contributed by atoms with Crippen LogP contribution >= 0.6 is 0 Å². The normalized spacial score (nSPS) is 19.5. The molecule has 1 atom stereocenters. The zero-order valence-corrected chi connectivity index (χ0v) is 20.3. The summed E-state index contributed by atoms with van der Waals surface area (Å²) < 4.78 is 33.8. The van der Waals surface area contributed by atoms with Crippen LogP contribution in [0.3, 0.4) is 0 Å². The van der Waals surface area contributed by atoms with Crippen LogP contribution in [0.15, 0.2) is 18.3 Å². The first-order chi connectivity index (χ1) is 16.5. The third-order valence-electron chi connectivity index (χ3n) is 6.15. The van der Waals surface area contributed by atoms with Crippen LogP contribution in [0, 0.1) is 5.92 Å². The Hall–Kier alpha value is -2.73. The van der Waals surface area contributed by atoms with Crippen LogP contribution < -0.4 is 5.32 Å². The lowest BCUT2D eigenvalue weighted by atomic mass is 10.1. The molecule has 1 saturated carbocycles. The van der Waals surface area contributed by atoms with Crippen molar-refractivity contribution in [1.82, 2.24) is 29.7 Å². The number of aromatic nitrogens is 3. The van der Waals surface area contributed by atoms with Gasteiger partial charge in [0.05, 0.1) is 11.6 Å². The van der Waals surface area contributed by atoms with Crippen LogP contribution in [0.25, 0.3) is 5.65 Å². The quantitative estimate of drug-likeness (QED) is 0.605. The van der Waals surface area contributed by atoms with Gasteiger partial charge in [0.25, 0.3) is 5.91 Å². The molecular weight excluding hydrogens is 465 g/mol. The number of hydrogen-bond acceptors (Lipinski definition) is 6. The summed E-state index contributed by atoms with van der Waals surface area (Å²) in [4.78, 5) is 26.4. The predicted molar refractivity (Wildman–Crippen MR) is 123 cm³/mol. The molecule has 0 aromatic carbocycles. The van der Waals surface area contributed by atoms with E-state index in [1.165, 1.54) is 19.4 Å². The Kier molecular flexibility index (Phi) is 8.70. The van der Waals surface area contributed by atoms with E-state index in [0.29, 0.717) is 18.2 Å². The number of rotatable bonds is 7. The maximum atomic E-state index is 12.4. The molecule has 1 saturated heterocycles. The summed E-state index contributed by atoms with van der Waals surface area (Å²) >= 11 is 0. The largest absolute Gasteiger partial charge is 0.490 e. The summed E-state index contributed by atoms with van der Waals surface area (Å²) in [6.07, 6.45) is 0.487. The van der Waals surface area contributed by atoms with Crippen LogP contribution in [-0.2, 0) is 4.79 Å². The Morgan fingerprint density at radius 3 is 2.46 bits per heavy atom. The van der Waals surface area contributed by atoms with E-state index >= 15 is 0 Å². The average molecular weight is 499 g/mol. The molecule has 0 radical (unpaired) electrons. The standard InChI is InChI=1S/C21H32N6O.C2HF3O2/c1-4-9-22-21(28)17-7-8-19-23-24-20(27(19)13-17)18-14-25(12-16-5-6-16)10-11-26(18)15(2)3;3-2(4,5)1(6)7/h7-8,13,15-16,18H,4-6,9-12,14H2,1-3H3,(H,22,28);(H,6,7). The molecule has 9 nitrogen and oxygen atoms in total. The molecule has 2 aliphatic rings. The van der Waals surface area contributed by atoms with Gasteiger partial charge in [-0.05, 0) is 51.2 Å². The van der Waals surface area contributed by atoms with Gasteiger partial charge in [-0.25, -0.2) is 4.79 Å². The number of amides is 1. The van der Waals surface area contributed by atoms with Crippen molar-refractivity contribution in [3.63, 3.8) is 0 Å². The number of fused-ring (bicyclic) bond motifs is 1. The first kappa shape index (κ1) is 26.9. The molecule has 4 rings (SSSR count). The van der Waals surface area contributed by atoms with E-state index in [1.54, 1.807) is 0 Å². The second kappa shape index (κ2) is 11.3. The summed E-state index contributed by atoms with van der Waals surface area (Å²) in [6.45, 7) is 11.6. The highest BCUT2D eigenvalue weighted by Crippen LogP contribution is 2.33. The van der Waals surface area contributed by atoms with Gasteiger partial charge in [-0.1, -0.05) is 6.92 Å². The third-order valence-corrected chi connectivity index (χ3v) is 6.15. The zero-order valence-electron chi connectivity index (χ0n) is 20.3. The Morgan fingerprint density at radius 2 is 1.89 bits per heavy atom. The number of alkyl halides is 3.